The summed E-state index contributed by atoms with van der Waals surface area (Å²) in [7, 11) is -2.03. The van der Waals surface area contributed by atoms with E-state index in [9.17, 15) is 9.90 Å². The molecular formula is C18H34O6Si. The molecule has 7 heteroatoms. The summed E-state index contributed by atoms with van der Waals surface area (Å²) < 4.78 is 23.1. The van der Waals surface area contributed by atoms with Crippen LogP contribution in [-0.2, 0) is 23.4 Å². The molecule has 6 nitrogen and oxygen atoms in total. The van der Waals surface area contributed by atoms with E-state index in [0.29, 0.717) is 6.61 Å². The van der Waals surface area contributed by atoms with Gasteiger partial charge in [-0.3, -0.25) is 4.79 Å². The Balaban J connectivity index is 2.15. The van der Waals surface area contributed by atoms with Gasteiger partial charge in [-0.15, -0.1) is 0 Å². The molecule has 0 aromatic rings. The van der Waals surface area contributed by atoms with E-state index >= 15 is 0 Å². The van der Waals surface area contributed by atoms with Gasteiger partial charge in [0.15, 0.2) is 14.1 Å². The maximum Gasteiger partial charge on any atom is 0.306 e. The fourth-order valence-corrected chi connectivity index (χ4v) is 4.27. The Labute approximate surface area is 152 Å². The predicted octanol–water partition coefficient (Wildman–Crippen LogP) is 2.84. The van der Waals surface area contributed by atoms with Crippen LogP contribution < -0.4 is 0 Å². The van der Waals surface area contributed by atoms with E-state index in [1.54, 1.807) is 6.92 Å². The Morgan fingerprint density at radius 2 is 1.84 bits per heavy atom. The zero-order chi connectivity index (χ0) is 19.3. The molecule has 1 heterocycles. The molecule has 4 atom stereocenters. The molecule has 1 N–H and O–H groups in total. The van der Waals surface area contributed by atoms with Crippen LogP contribution in [0.25, 0.3) is 0 Å². The summed E-state index contributed by atoms with van der Waals surface area (Å²) in [5.41, 5.74) is -1.24. The fourth-order valence-electron chi connectivity index (χ4n) is 3.24. The Hall–Kier alpha value is -0.473. The number of carbonyl (C=O) groups is 1. The quantitative estimate of drug-likeness (QED) is 0.569. The van der Waals surface area contributed by atoms with Crippen LogP contribution in [0.2, 0.25) is 18.1 Å². The Kier molecular flexibility index (Phi) is 5.50. The molecule has 25 heavy (non-hydrogen) atoms. The Morgan fingerprint density at radius 1 is 1.24 bits per heavy atom. The number of ether oxygens (including phenoxy) is 3. The van der Waals surface area contributed by atoms with E-state index in [0.717, 1.165) is 0 Å². The molecule has 2 fully saturated rings. The first kappa shape index (κ1) is 20.8. The fraction of sp³-hybridized carbons (Fsp3) is 0.944. The van der Waals surface area contributed by atoms with Gasteiger partial charge in [-0.05, 0) is 38.9 Å². The van der Waals surface area contributed by atoms with E-state index in [1.165, 1.54) is 0 Å². The Morgan fingerprint density at radius 3 is 2.36 bits per heavy atom. The molecule has 0 unspecified atom stereocenters. The number of esters is 1. The van der Waals surface area contributed by atoms with E-state index < -0.39 is 25.8 Å². The van der Waals surface area contributed by atoms with Gasteiger partial charge in [0.05, 0.1) is 25.7 Å². The zero-order valence-electron chi connectivity index (χ0n) is 16.8. The monoisotopic (exact) mass is 374 g/mol. The van der Waals surface area contributed by atoms with Gasteiger partial charge in [-0.2, -0.15) is 0 Å². The van der Waals surface area contributed by atoms with Gasteiger partial charge in [0.1, 0.15) is 11.7 Å². The lowest BCUT2D eigenvalue weighted by Gasteiger charge is -2.53. The minimum Gasteiger partial charge on any atom is -0.466 e. The van der Waals surface area contributed by atoms with Crippen LogP contribution in [-0.4, -0.2) is 56.2 Å². The lowest BCUT2D eigenvalue weighted by molar-refractivity contribution is -0.233. The van der Waals surface area contributed by atoms with Gasteiger partial charge in [-0.25, -0.2) is 0 Å². The molecular weight excluding hydrogens is 340 g/mol. The number of fused-ring (bicyclic) bond motifs is 1. The third-order valence-electron chi connectivity index (χ3n) is 5.82. The van der Waals surface area contributed by atoms with E-state index in [4.69, 9.17) is 18.6 Å². The molecule has 0 aromatic heterocycles. The van der Waals surface area contributed by atoms with Crippen molar-refractivity contribution in [1.29, 1.82) is 0 Å². The standard InChI is InChI=1S/C18H34O6Si/c1-9-21-13(19)10-12-14-15(24-17(5,6)23-14)18(12,20)11-22-25(7,8)16(2,3)4/h12,14-15,20H,9-11H2,1-8H3/t12-,14+,15+,18-/m1/s1. The second-order valence-electron chi connectivity index (χ2n) is 9.18. The molecule has 0 amide bonds. The summed E-state index contributed by atoms with van der Waals surface area (Å²) >= 11 is 0. The molecule has 2 rings (SSSR count). The second kappa shape index (κ2) is 6.60. The van der Waals surface area contributed by atoms with E-state index in [2.05, 4.69) is 33.9 Å². The van der Waals surface area contributed by atoms with Gasteiger partial charge in [0.25, 0.3) is 0 Å². The molecule has 0 aromatic carbocycles. The highest BCUT2D eigenvalue weighted by molar-refractivity contribution is 6.74. The van der Waals surface area contributed by atoms with Crippen LogP contribution in [0, 0.1) is 5.92 Å². The summed E-state index contributed by atoms with van der Waals surface area (Å²) in [6.45, 7) is 16.6. The summed E-state index contributed by atoms with van der Waals surface area (Å²) in [6, 6.07) is 0. The first-order valence-electron chi connectivity index (χ1n) is 9.11. The summed E-state index contributed by atoms with van der Waals surface area (Å²) in [5, 5.41) is 11.3. The maximum absolute atomic E-state index is 12.0. The van der Waals surface area contributed by atoms with Crippen molar-refractivity contribution in [3.8, 4) is 0 Å². The summed E-state index contributed by atoms with van der Waals surface area (Å²) in [5.74, 6) is -1.49. The number of hydrogen-bond acceptors (Lipinski definition) is 6. The minimum absolute atomic E-state index is 0.0372. The normalized spacial score (nSPS) is 34.4. The van der Waals surface area contributed by atoms with Crippen molar-refractivity contribution in [3.05, 3.63) is 0 Å². The highest BCUT2D eigenvalue weighted by Crippen LogP contribution is 2.53. The van der Waals surface area contributed by atoms with Crippen LogP contribution in [0.15, 0.2) is 0 Å². The van der Waals surface area contributed by atoms with Gasteiger partial charge < -0.3 is 23.7 Å². The topological polar surface area (TPSA) is 74.2 Å². The number of carbonyl (C=O) groups excluding carboxylic acids is 1. The molecule has 146 valence electrons. The largest absolute Gasteiger partial charge is 0.466 e. The first-order valence-corrected chi connectivity index (χ1v) is 12.0. The lowest BCUT2D eigenvalue weighted by atomic mass is 9.63. The van der Waals surface area contributed by atoms with Gasteiger partial charge in [-0.1, -0.05) is 20.8 Å². The van der Waals surface area contributed by atoms with Crippen molar-refractivity contribution in [2.45, 2.75) is 89.7 Å². The summed E-state index contributed by atoms with van der Waals surface area (Å²) in [4.78, 5) is 12.0. The smallest absolute Gasteiger partial charge is 0.306 e. The van der Waals surface area contributed by atoms with Crippen LogP contribution in [0.5, 0.6) is 0 Å². The van der Waals surface area contributed by atoms with Crippen molar-refractivity contribution in [2.75, 3.05) is 13.2 Å². The predicted molar refractivity (Wildman–Crippen MR) is 96.7 cm³/mol. The Bertz CT molecular complexity index is 512. The minimum atomic E-state index is -2.03. The van der Waals surface area contributed by atoms with Crippen LogP contribution in [0.4, 0.5) is 0 Å². The van der Waals surface area contributed by atoms with Gasteiger partial charge in [0, 0.05) is 5.92 Å². The second-order valence-corrected chi connectivity index (χ2v) is 14.0. The highest BCUT2D eigenvalue weighted by Gasteiger charge is 2.69. The molecule has 1 aliphatic heterocycles. The van der Waals surface area contributed by atoms with E-state index in [1.807, 2.05) is 13.8 Å². The highest BCUT2D eigenvalue weighted by atomic mass is 28.4. The molecule has 0 spiro atoms. The van der Waals surface area contributed by atoms with Gasteiger partial charge in [0.2, 0.25) is 0 Å². The molecule has 2 aliphatic rings. The lowest BCUT2D eigenvalue weighted by Crippen LogP contribution is -2.71. The SMILES string of the molecule is CCOC(=O)C[C@@H]1[C@@H]2OC(C)(C)O[C@@H]2[C@@]1(O)CO[Si](C)(C)C(C)(C)C. The summed E-state index contributed by atoms with van der Waals surface area (Å²) in [6.07, 6.45) is -0.689. The maximum atomic E-state index is 12.0. The molecule has 1 saturated heterocycles. The molecule has 0 radical (unpaired) electrons. The number of hydrogen-bond donors (Lipinski definition) is 1. The van der Waals surface area contributed by atoms with Crippen LogP contribution in [0.3, 0.4) is 0 Å². The zero-order valence-corrected chi connectivity index (χ0v) is 17.8. The van der Waals surface area contributed by atoms with Crippen molar-refractivity contribution < 1.29 is 28.5 Å². The average Bonchev–Trinajstić information content (AvgIpc) is 2.75. The third-order valence-corrected chi connectivity index (χ3v) is 10.3. The number of aliphatic hydroxyl groups is 1. The van der Waals surface area contributed by atoms with Crippen LogP contribution in [0.1, 0.15) is 48.0 Å². The van der Waals surface area contributed by atoms with E-state index in [-0.39, 0.29) is 36.1 Å². The molecule has 0 bridgehead atoms. The van der Waals surface area contributed by atoms with Crippen molar-refractivity contribution >= 4 is 14.3 Å². The van der Waals surface area contributed by atoms with Crippen molar-refractivity contribution in [3.63, 3.8) is 0 Å². The van der Waals surface area contributed by atoms with Gasteiger partial charge >= 0.3 is 5.97 Å². The van der Waals surface area contributed by atoms with Crippen LogP contribution >= 0.6 is 0 Å². The molecule has 1 aliphatic carbocycles. The number of rotatable bonds is 6. The van der Waals surface area contributed by atoms with Crippen molar-refractivity contribution in [1.82, 2.24) is 0 Å². The first-order chi connectivity index (χ1) is 11.2. The third kappa shape index (κ3) is 3.95. The van der Waals surface area contributed by atoms with Crippen molar-refractivity contribution in [2.24, 2.45) is 5.92 Å². The average molecular weight is 375 g/mol. The molecule has 1 saturated carbocycles.